The third kappa shape index (κ3) is 3.16. The van der Waals surface area contributed by atoms with E-state index < -0.39 is 0 Å². The van der Waals surface area contributed by atoms with Crippen LogP contribution in [0.15, 0.2) is 24.3 Å². The second-order valence-electron chi connectivity index (χ2n) is 5.42. The number of piperidine rings is 1. The topological polar surface area (TPSA) is 18.5 Å². The molecular weight excluding hydrogens is 222 g/mol. The summed E-state index contributed by atoms with van der Waals surface area (Å²) in [6.45, 7) is 2.28. The van der Waals surface area contributed by atoms with Gasteiger partial charge in [0.1, 0.15) is 0 Å². The number of benzene rings is 1. The molecule has 1 aliphatic heterocycles. The van der Waals surface area contributed by atoms with Gasteiger partial charge < -0.3 is 15.1 Å². The largest absolute Gasteiger partial charge is 0.382 e. The fraction of sp³-hybridized carbons (Fsp3) is 0.600. The molecule has 1 heterocycles. The van der Waals surface area contributed by atoms with Crippen LogP contribution >= 0.6 is 0 Å². The van der Waals surface area contributed by atoms with Crippen molar-refractivity contribution < 1.29 is 0 Å². The first-order valence-corrected chi connectivity index (χ1v) is 6.89. The maximum Gasteiger partial charge on any atom is 0.0596 e. The quantitative estimate of drug-likeness (QED) is 0.882. The molecule has 1 aromatic rings. The standard InChI is InChI=1S/C15H25N3/c1-17(2)15-10-5-4-9-14(15)16-12-13-8-6-7-11-18(13)3/h4-5,9-10,13,16H,6-8,11-12H2,1-3H3. The van der Waals surface area contributed by atoms with E-state index in [2.05, 4.69) is 60.5 Å². The number of hydrogen-bond acceptors (Lipinski definition) is 3. The predicted octanol–water partition coefficient (Wildman–Crippen LogP) is 2.65. The van der Waals surface area contributed by atoms with Gasteiger partial charge in [-0.3, -0.25) is 0 Å². The third-order valence-corrected chi connectivity index (χ3v) is 3.84. The van der Waals surface area contributed by atoms with Crippen molar-refractivity contribution in [3.63, 3.8) is 0 Å². The highest BCUT2D eigenvalue weighted by Gasteiger charge is 2.18. The molecule has 1 saturated heterocycles. The Morgan fingerprint density at radius 1 is 1.28 bits per heavy atom. The minimum absolute atomic E-state index is 0.675. The summed E-state index contributed by atoms with van der Waals surface area (Å²) in [6, 6.07) is 9.19. The molecule has 1 atom stereocenters. The zero-order valence-corrected chi connectivity index (χ0v) is 11.8. The van der Waals surface area contributed by atoms with Gasteiger partial charge in [-0.05, 0) is 38.6 Å². The Hall–Kier alpha value is -1.22. The van der Waals surface area contributed by atoms with Gasteiger partial charge in [0.25, 0.3) is 0 Å². The second-order valence-corrected chi connectivity index (χ2v) is 5.42. The normalized spacial score (nSPS) is 20.7. The van der Waals surface area contributed by atoms with E-state index in [4.69, 9.17) is 0 Å². The first-order valence-electron chi connectivity index (χ1n) is 6.89. The van der Waals surface area contributed by atoms with Crippen LogP contribution in [0.5, 0.6) is 0 Å². The average Bonchev–Trinajstić information content (AvgIpc) is 2.38. The lowest BCUT2D eigenvalue weighted by molar-refractivity contribution is 0.194. The summed E-state index contributed by atoms with van der Waals surface area (Å²) in [7, 11) is 6.42. The molecule has 3 heteroatoms. The summed E-state index contributed by atoms with van der Waals surface area (Å²) >= 11 is 0. The fourth-order valence-corrected chi connectivity index (χ4v) is 2.64. The number of rotatable bonds is 4. The van der Waals surface area contributed by atoms with Crippen molar-refractivity contribution in [2.24, 2.45) is 0 Å². The minimum Gasteiger partial charge on any atom is -0.382 e. The van der Waals surface area contributed by atoms with Gasteiger partial charge in [-0.15, -0.1) is 0 Å². The monoisotopic (exact) mass is 247 g/mol. The van der Waals surface area contributed by atoms with Gasteiger partial charge in [-0.2, -0.15) is 0 Å². The molecule has 1 fully saturated rings. The van der Waals surface area contributed by atoms with E-state index in [0.717, 1.165) is 6.54 Å². The van der Waals surface area contributed by atoms with Crippen LogP contribution in [0.3, 0.4) is 0 Å². The Balaban J connectivity index is 1.97. The highest BCUT2D eigenvalue weighted by atomic mass is 15.2. The Bertz CT molecular complexity index is 376. The lowest BCUT2D eigenvalue weighted by Crippen LogP contribution is -2.40. The number of para-hydroxylation sites is 2. The summed E-state index contributed by atoms with van der Waals surface area (Å²) in [4.78, 5) is 4.64. The molecule has 100 valence electrons. The van der Waals surface area contributed by atoms with Crippen LogP contribution in [0, 0.1) is 0 Å². The molecule has 2 rings (SSSR count). The number of nitrogens with one attached hydrogen (secondary N) is 1. The zero-order valence-electron chi connectivity index (χ0n) is 11.8. The number of likely N-dealkylation sites (N-methyl/N-ethyl adjacent to an activating group) is 1. The first-order chi connectivity index (χ1) is 8.68. The zero-order chi connectivity index (χ0) is 13.0. The third-order valence-electron chi connectivity index (χ3n) is 3.84. The Morgan fingerprint density at radius 3 is 2.78 bits per heavy atom. The van der Waals surface area contributed by atoms with Gasteiger partial charge in [-0.25, -0.2) is 0 Å². The predicted molar refractivity (Wildman–Crippen MR) is 79.5 cm³/mol. The molecule has 0 radical (unpaired) electrons. The van der Waals surface area contributed by atoms with Crippen LogP contribution in [0.4, 0.5) is 11.4 Å². The van der Waals surface area contributed by atoms with E-state index in [1.54, 1.807) is 0 Å². The average molecular weight is 247 g/mol. The minimum atomic E-state index is 0.675. The van der Waals surface area contributed by atoms with Gasteiger partial charge in [0.05, 0.1) is 11.4 Å². The van der Waals surface area contributed by atoms with Crippen LogP contribution in [-0.4, -0.2) is 45.2 Å². The highest BCUT2D eigenvalue weighted by Crippen LogP contribution is 2.24. The summed E-state index contributed by atoms with van der Waals surface area (Å²) < 4.78 is 0. The lowest BCUT2D eigenvalue weighted by Gasteiger charge is -2.33. The molecule has 1 aromatic carbocycles. The Kier molecular flexibility index (Phi) is 4.48. The summed E-state index contributed by atoms with van der Waals surface area (Å²) in [5.41, 5.74) is 2.50. The summed E-state index contributed by atoms with van der Waals surface area (Å²) in [5, 5.41) is 3.61. The van der Waals surface area contributed by atoms with Crippen molar-refractivity contribution in [3.8, 4) is 0 Å². The molecule has 1 unspecified atom stereocenters. The number of anilines is 2. The summed E-state index contributed by atoms with van der Waals surface area (Å²) in [6.07, 6.45) is 4.03. The molecule has 0 aliphatic carbocycles. The molecule has 0 aromatic heterocycles. The van der Waals surface area contributed by atoms with Crippen molar-refractivity contribution in [1.82, 2.24) is 4.90 Å². The Labute approximate surface area is 111 Å². The van der Waals surface area contributed by atoms with Crippen molar-refractivity contribution in [2.75, 3.05) is 44.4 Å². The highest BCUT2D eigenvalue weighted by molar-refractivity contribution is 5.69. The van der Waals surface area contributed by atoms with Crippen molar-refractivity contribution in [3.05, 3.63) is 24.3 Å². The number of likely N-dealkylation sites (tertiary alicyclic amines) is 1. The molecule has 1 N–H and O–H groups in total. The molecule has 18 heavy (non-hydrogen) atoms. The van der Waals surface area contributed by atoms with E-state index >= 15 is 0 Å². The van der Waals surface area contributed by atoms with E-state index in [1.807, 2.05) is 0 Å². The van der Waals surface area contributed by atoms with E-state index in [9.17, 15) is 0 Å². The first kappa shape index (κ1) is 13.2. The maximum absolute atomic E-state index is 3.61. The SMILES string of the molecule is CN(C)c1ccccc1NCC1CCCCN1C. The van der Waals surface area contributed by atoms with E-state index in [0.29, 0.717) is 6.04 Å². The number of nitrogens with zero attached hydrogens (tertiary/aromatic N) is 2. The van der Waals surface area contributed by atoms with Gasteiger partial charge >= 0.3 is 0 Å². The van der Waals surface area contributed by atoms with E-state index in [-0.39, 0.29) is 0 Å². The molecule has 1 aliphatic rings. The molecule has 0 saturated carbocycles. The van der Waals surface area contributed by atoms with Crippen molar-refractivity contribution in [2.45, 2.75) is 25.3 Å². The molecule has 0 amide bonds. The second kappa shape index (κ2) is 6.10. The van der Waals surface area contributed by atoms with Crippen molar-refractivity contribution >= 4 is 11.4 Å². The van der Waals surface area contributed by atoms with Crippen LogP contribution in [0.2, 0.25) is 0 Å². The molecular formula is C15H25N3. The van der Waals surface area contributed by atoms with Gasteiger partial charge in [0, 0.05) is 26.7 Å². The summed E-state index contributed by atoms with van der Waals surface area (Å²) in [5.74, 6) is 0. The van der Waals surface area contributed by atoms with Gasteiger partial charge in [0.15, 0.2) is 0 Å². The van der Waals surface area contributed by atoms with Crippen LogP contribution < -0.4 is 10.2 Å². The lowest BCUT2D eigenvalue weighted by atomic mass is 10.0. The Morgan fingerprint density at radius 2 is 2.06 bits per heavy atom. The molecule has 0 spiro atoms. The smallest absolute Gasteiger partial charge is 0.0596 e. The van der Waals surface area contributed by atoms with Crippen molar-refractivity contribution in [1.29, 1.82) is 0 Å². The van der Waals surface area contributed by atoms with Gasteiger partial charge in [0.2, 0.25) is 0 Å². The van der Waals surface area contributed by atoms with E-state index in [1.165, 1.54) is 37.2 Å². The van der Waals surface area contributed by atoms with Crippen LogP contribution in [-0.2, 0) is 0 Å². The number of hydrogen-bond donors (Lipinski definition) is 1. The van der Waals surface area contributed by atoms with Crippen LogP contribution in [0.1, 0.15) is 19.3 Å². The molecule has 3 nitrogen and oxygen atoms in total. The molecule has 0 bridgehead atoms. The van der Waals surface area contributed by atoms with Crippen LogP contribution in [0.25, 0.3) is 0 Å². The maximum atomic E-state index is 3.61. The van der Waals surface area contributed by atoms with Gasteiger partial charge in [-0.1, -0.05) is 18.6 Å². The fourth-order valence-electron chi connectivity index (χ4n) is 2.64.